The number of hydrogen-bond acceptors (Lipinski definition) is 2. The van der Waals surface area contributed by atoms with Crippen LogP contribution in [-0.2, 0) is 19.5 Å². The first-order chi connectivity index (χ1) is 11.8. The van der Waals surface area contributed by atoms with Gasteiger partial charge in [-0.05, 0) is 35.7 Å². The van der Waals surface area contributed by atoms with E-state index >= 15 is 0 Å². The number of rotatable bonds is 2. The van der Waals surface area contributed by atoms with E-state index in [1.807, 2.05) is 12.3 Å². The lowest BCUT2D eigenvalue weighted by Gasteiger charge is -2.10. The van der Waals surface area contributed by atoms with Crippen molar-refractivity contribution in [3.63, 3.8) is 0 Å². The zero-order valence-corrected chi connectivity index (χ0v) is 13.2. The number of nitrogens with zero attached hydrogens (tertiary/aromatic N) is 3. The van der Waals surface area contributed by atoms with Crippen LogP contribution in [0.4, 0.5) is 4.39 Å². The predicted octanol–water partition coefficient (Wildman–Crippen LogP) is 4.23. The molecule has 0 atom stereocenters. The molecule has 0 fully saturated rings. The topological polar surface area (TPSA) is 30.2 Å². The Labute approximate surface area is 139 Å². The third-order valence-electron chi connectivity index (χ3n) is 4.84. The van der Waals surface area contributed by atoms with Crippen LogP contribution in [-0.4, -0.2) is 15.8 Å². The van der Waals surface area contributed by atoms with Crippen molar-refractivity contribution < 1.29 is 4.39 Å². The highest BCUT2D eigenvalue weighted by molar-refractivity contribution is 5.88. The minimum atomic E-state index is -0.229. The molecule has 0 saturated heterocycles. The summed E-state index contributed by atoms with van der Waals surface area (Å²) in [6, 6.07) is 13.2. The Hall–Kier alpha value is -2.75. The van der Waals surface area contributed by atoms with Gasteiger partial charge in [0.1, 0.15) is 11.6 Å². The number of benzene rings is 2. The zero-order valence-electron chi connectivity index (χ0n) is 13.2. The maximum atomic E-state index is 13.7. The molecule has 1 aromatic heterocycles. The van der Waals surface area contributed by atoms with Crippen LogP contribution in [0.1, 0.15) is 23.4 Å². The number of imidazole rings is 1. The summed E-state index contributed by atoms with van der Waals surface area (Å²) in [7, 11) is 0. The summed E-state index contributed by atoms with van der Waals surface area (Å²) in [6.45, 7) is 1.73. The van der Waals surface area contributed by atoms with Gasteiger partial charge in [0.2, 0.25) is 0 Å². The van der Waals surface area contributed by atoms with Crippen LogP contribution in [0.15, 0.2) is 47.5 Å². The Morgan fingerprint density at radius 2 is 2.00 bits per heavy atom. The van der Waals surface area contributed by atoms with E-state index in [0.717, 1.165) is 54.3 Å². The Morgan fingerprint density at radius 1 is 1.04 bits per heavy atom. The Balaban J connectivity index is 1.74. The summed E-state index contributed by atoms with van der Waals surface area (Å²) >= 11 is 0. The van der Waals surface area contributed by atoms with Gasteiger partial charge in [-0.1, -0.05) is 24.3 Å². The van der Waals surface area contributed by atoms with Crippen LogP contribution >= 0.6 is 0 Å². The van der Waals surface area contributed by atoms with Crippen LogP contribution in [0, 0.1) is 5.82 Å². The summed E-state index contributed by atoms with van der Waals surface area (Å²) in [5.41, 5.74) is 6.36. The molecular weight excluding hydrogens is 301 g/mol. The minimum Gasteiger partial charge on any atom is -0.327 e. The van der Waals surface area contributed by atoms with E-state index in [9.17, 15) is 4.39 Å². The van der Waals surface area contributed by atoms with Gasteiger partial charge in [-0.2, -0.15) is 0 Å². The normalized spacial score (nSPS) is 14.9. The molecule has 3 aromatic rings. The molecule has 0 amide bonds. The molecule has 2 aliphatic heterocycles. The first kappa shape index (κ1) is 13.7. The lowest BCUT2D eigenvalue weighted by Crippen LogP contribution is -1.97. The fourth-order valence-electron chi connectivity index (χ4n) is 3.70. The van der Waals surface area contributed by atoms with Crippen molar-refractivity contribution in [2.75, 3.05) is 0 Å². The Bertz CT molecular complexity index is 985. The van der Waals surface area contributed by atoms with Gasteiger partial charge in [0, 0.05) is 30.3 Å². The molecule has 0 unspecified atom stereocenters. The van der Waals surface area contributed by atoms with Gasteiger partial charge in [-0.25, -0.2) is 9.37 Å². The van der Waals surface area contributed by atoms with Crippen molar-refractivity contribution in [2.24, 2.45) is 4.99 Å². The number of aromatic nitrogens is 2. The second kappa shape index (κ2) is 5.13. The van der Waals surface area contributed by atoms with Crippen molar-refractivity contribution >= 4 is 6.21 Å². The molecule has 2 aromatic carbocycles. The van der Waals surface area contributed by atoms with Gasteiger partial charge >= 0.3 is 0 Å². The van der Waals surface area contributed by atoms with E-state index in [4.69, 9.17) is 4.98 Å². The molecule has 4 heteroatoms. The van der Waals surface area contributed by atoms with E-state index in [0.29, 0.717) is 0 Å². The molecule has 0 aliphatic carbocycles. The molecule has 2 aliphatic rings. The monoisotopic (exact) mass is 317 g/mol. The van der Waals surface area contributed by atoms with Gasteiger partial charge in [0.15, 0.2) is 0 Å². The Morgan fingerprint density at radius 3 is 2.92 bits per heavy atom. The second-order valence-electron chi connectivity index (χ2n) is 6.37. The first-order valence-electron chi connectivity index (χ1n) is 8.28. The highest BCUT2D eigenvalue weighted by Crippen LogP contribution is 2.36. The molecular formula is C20H16FN3. The maximum absolute atomic E-state index is 13.7. The van der Waals surface area contributed by atoms with Crippen LogP contribution < -0.4 is 0 Å². The second-order valence-corrected chi connectivity index (χ2v) is 6.37. The standard InChI is InChI=1S/C20H16FN3/c21-17-4-1-3-13(10-17)19-20(24-8-2-5-18(24)23-19)14-6-7-15-11-22-12-16(15)9-14/h1,3-4,6-7,9-10,12H,2,5,8,11H2. The summed E-state index contributed by atoms with van der Waals surface area (Å²) in [6.07, 6.45) is 4.03. The molecule has 0 saturated carbocycles. The highest BCUT2D eigenvalue weighted by atomic mass is 19.1. The van der Waals surface area contributed by atoms with Gasteiger partial charge < -0.3 is 4.57 Å². The number of halogens is 1. The van der Waals surface area contributed by atoms with Crippen LogP contribution in [0.25, 0.3) is 22.5 Å². The van der Waals surface area contributed by atoms with Crippen molar-refractivity contribution in [1.29, 1.82) is 0 Å². The fourth-order valence-corrected chi connectivity index (χ4v) is 3.70. The van der Waals surface area contributed by atoms with Gasteiger partial charge in [-0.3, -0.25) is 4.99 Å². The van der Waals surface area contributed by atoms with E-state index in [1.54, 1.807) is 12.1 Å². The predicted molar refractivity (Wildman–Crippen MR) is 92.7 cm³/mol. The van der Waals surface area contributed by atoms with E-state index in [1.165, 1.54) is 17.2 Å². The maximum Gasteiger partial charge on any atom is 0.123 e. The molecule has 3 nitrogen and oxygen atoms in total. The van der Waals surface area contributed by atoms with Gasteiger partial charge in [0.25, 0.3) is 0 Å². The first-order valence-corrected chi connectivity index (χ1v) is 8.28. The average Bonchev–Trinajstić information content (AvgIpc) is 3.29. The molecule has 0 radical (unpaired) electrons. The molecule has 118 valence electrons. The van der Waals surface area contributed by atoms with E-state index in [2.05, 4.69) is 27.8 Å². The number of aliphatic imine (C=N–C) groups is 1. The summed E-state index contributed by atoms with van der Waals surface area (Å²) in [5, 5.41) is 0. The number of aryl methyl sites for hydroxylation is 1. The number of fused-ring (bicyclic) bond motifs is 2. The zero-order chi connectivity index (χ0) is 16.1. The Kier molecular flexibility index (Phi) is 2.92. The molecule has 0 N–H and O–H groups in total. The van der Waals surface area contributed by atoms with Crippen LogP contribution in [0.2, 0.25) is 0 Å². The summed E-state index contributed by atoms with van der Waals surface area (Å²) < 4.78 is 16.0. The third kappa shape index (κ3) is 2.03. The molecule has 0 spiro atoms. The third-order valence-corrected chi connectivity index (χ3v) is 4.84. The molecule has 3 heterocycles. The summed E-state index contributed by atoms with van der Waals surface area (Å²) in [4.78, 5) is 9.18. The van der Waals surface area contributed by atoms with Crippen molar-refractivity contribution in [2.45, 2.75) is 25.9 Å². The summed E-state index contributed by atoms with van der Waals surface area (Å²) in [5.74, 6) is 0.867. The number of hydrogen-bond donors (Lipinski definition) is 0. The van der Waals surface area contributed by atoms with Crippen molar-refractivity contribution in [3.8, 4) is 22.5 Å². The molecule has 24 heavy (non-hydrogen) atoms. The lowest BCUT2D eigenvalue weighted by atomic mass is 10.0. The minimum absolute atomic E-state index is 0.229. The van der Waals surface area contributed by atoms with Crippen LogP contribution in [0.5, 0.6) is 0 Å². The van der Waals surface area contributed by atoms with Crippen molar-refractivity contribution in [3.05, 3.63) is 65.2 Å². The average molecular weight is 317 g/mol. The fraction of sp³-hybridized carbons (Fsp3) is 0.200. The lowest BCUT2D eigenvalue weighted by molar-refractivity contribution is 0.628. The largest absolute Gasteiger partial charge is 0.327 e. The molecule has 0 bridgehead atoms. The van der Waals surface area contributed by atoms with Gasteiger partial charge in [0.05, 0.1) is 17.9 Å². The van der Waals surface area contributed by atoms with Gasteiger partial charge in [-0.15, -0.1) is 0 Å². The highest BCUT2D eigenvalue weighted by Gasteiger charge is 2.24. The smallest absolute Gasteiger partial charge is 0.123 e. The van der Waals surface area contributed by atoms with E-state index in [-0.39, 0.29) is 5.82 Å². The molecule has 5 rings (SSSR count). The van der Waals surface area contributed by atoms with Crippen LogP contribution in [0.3, 0.4) is 0 Å². The van der Waals surface area contributed by atoms with E-state index < -0.39 is 0 Å². The quantitative estimate of drug-likeness (QED) is 0.695. The SMILES string of the molecule is Fc1cccc(-c2nc3n(c2-c2ccc4c(c2)C=NC4)CCC3)c1. The van der Waals surface area contributed by atoms with Crippen molar-refractivity contribution in [1.82, 2.24) is 9.55 Å².